The van der Waals surface area contributed by atoms with E-state index in [2.05, 4.69) is 25.6 Å². The minimum absolute atomic E-state index is 0.0834. The van der Waals surface area contributed by atoms with Crippen LogP contribution in [0.1, 0.15) is 16.3 Å². The molecule has 0 atom stereocenters. The zero-order chi connectivity index (χ0) is 21.6. The summed E-state index contributed by atoms with van der Waals surface area (Å²) in [4.78, 5) is 11.8. The van der Waals surface area contributed by atoms with Gasteiger partial charge in [-0.2, -0.15) is 13.2 Å². The third-order valence-electron chi connectivity index (χ3n) is 3.78. The van der Waals surface area contributed by atoms with E-state index in [9.17, 15) is 17.6 Å². The van der Waals surface area contributed by atoms with E-state index in [1.165, 1.54) is 25.2 Å². The van der Waals surface area contributed by atoms with Gasteiger partial charge in [-0.3, -0.25) is 4.99 Å². The highest BCUT2D eigenvalue weighted by atomic mass is 32.1. The maximum Gasteiger partial charge on any atom is 0.434 e. The van der Waals surface area contributed by atoms with Crippen molar-refractivity contribution in [2.75, 3.05) is 7.05 Å². The first-order valence-electron chi connectivity index (χ1n) is 8.68. The first kappa shape index (κ1) is 21.5. The maximum atomic E-state index is 13.4. The van der Waals surface area contributed by atoms with E-state index in [-0.39, 0.29) is 18.1 Å². The Balaban J connectivity index is 1.59. The SMILES string of the molecule is CN=C(NCc1nc(C(F)(F)F)cs1)NCc1cccnc1Oc1cccc(F)c1. The van der Waals surface area contributed by atoms with Crippen molar-refractivity contribution in [3.8, 4) is 11.6 Å². The first-order valence-corrected chi connectivity index (χ1v) is 9.56. The van der Waals surface area contributed by atoms with Crippen molar-refractivity contribution in [2.45, 2.75) is 19.3 Å². The normalized spacial score (nSPS) is 12.0. The van der Waals surface area contributed by atoms with Crippen molar-refractivity contribution in [3.63, 3.8) is 0 Å². The molecule has 0 aliphatic heterocycles. The molecule has 0 radical (unpaired) electrons. The second-order valence-electron chi connectivity index (χ2n) is 5.93. The molecule has 0 fully saturated rings. The molecule has 0 aliphatic carbocycles. The molecule has 11 heteroatoms. The summed E-state index contributed by atoms with van der Waals surface area (Å²) in [5.41, 5.74) is -0.236. The molecule has 0 aliphatic rings. The van der Waals surface area contributed by atoms with Gasteiger partial charge in [0, 0.05) is 36.8 Å². The number of hydrogen-bond acceptors (Lipinski definition) is 5. The van der Waals surface area contributed by atoms with Gasteiger partial charge in [0.15, 0.2) is 11.7 Å². The number of rotatable bonds is 6. The Hall–Kier alpha value is -3.21. The lowest BCUT2D eigenvalue weighted by molar-refractivity contribution is -0.140. The maximum absolute atomic E-state index is 13.4. The van der Waals surface area contributed by atoms with Gasteiger partial charge in [0.1, 0.15) is 16.6 Å². The fourth-order valence-corrected chi connectivity index (χ4v) is 3.11. The summed E-state index contributed by atoms with van der Waals surface area (Å²) in [7, 11) is 1.53. The molecule has 3 aromatic rings. The number of nitrogens with one attached hydrogen (secondary N) is 2. The second-order valence-corrected chi connectivity index (χ2v) is 6.87. The molecule has 6 nitrogen and oxygen atoms in total. The number of guanidine groups is 1. The van der Waals surface area contributed by atoms with Crippen LogP contribution in [0, 0.1) is 5.82 Å². The van der Waals surface area contributed by atoms with Gasteiger partial charge in [-0.25, -0.2) is 14.4 Å². The number of ether oxygens (including phenoxy) is 1. The Labute approximate surface area is 173 Å². The minimum atomic E-state index is -4.47. The molecule has 0 unspecified atom stereocenters. The summed E-state index contributed by atoms with van der Waals surface area (Å²) in [6, 6.07) is 9.19. The Morgan fingerprint density at radius 1 is 1.17 bits per heavy atom. The van der Waals surface area contributed by atoms with Crippen LogP contribution in [-0.2, 0) is 19.3 Å². The van der Waals surface area contributed by atoms with E-state index in [0.717, 1.165) is 16.7 Å². The van der Waals surface area contributed by atoms with Gasteiger partial charge in [-0.15, -0.1) is 11.3 Å². The summed E-state index contributed by atoms with van der Waals surface area (Å²) in [5.74, 6) is 0.533. The summed E-state index contributed by atoms with van der Waals surface area (Å²) in [5, 5.41) is 7.19. The highest BCUT2D eigenvalue weighted by molar-refractivity contribution is 7.09. The van der Waals surface area contributed by atoms with E-state index < -0.39 is 17.7 Å². The molecule has 0 spiro atoms. The lowest BCUT2D eigenvalue weighted by atomic mass is 10.2. The Bertz CT molecular complexity index is 1020. The van der Waals surface area contributed by atoms with Crippen LogP contribution in [0.25, 0.3) is 0 Å². The molecule has 0 saturated carbocycles. The van der Waals surface area contributed by atoms with Crippen molar-refractivity contribution in [1.82, 2.24) is 20.6 Å². The molecular weight excluding hydrogens is 422 g/mol. The fraction of sp³-hybridized carbons (Fsp3) is 0.211. The number of nitrogens with zero attached hydrogens (tertiary/aromatic N) is 3. The second kappa shape index (κ2) is 9.53. The molecule has 0 saturated heterocycles. The fourth-order valence-electron chi connectivity index (χ4n) is 2.37. The van der Waals surface area contributed by atoms with Crippen LogP contribution in [0.5, 0.6) is 11.6 Å². The molecule has 158 valence electrons. The number of alkyl halides is 3. The quantitative estimate of drug-likeness (QED) is 0.339. The monoisotopic (exact) mass is 439 g/mol. The first-order chi connectivity index (χ1) is 14.3. The third kappa shape index (κ3) is 5.89. The molecule has 2 aromatic heterocycles. The van der Waals surface area contributed by atoms with E-state index in [0.29, 0.717) is 23.2 Å². The number of thiazole rings is 1. The average Bonchev–Trinajstić information content (AvgIpc) is 3.19. The predicted molar refractivity (Wildman–Crippen MR) is 105 cm³/mol. The standard InChI is InChI=1S/C19H17F4N5OS/c1-24-18(27-10-16-28-15(11-30-16)19(21,22)23)26-9-12-4-3-7-25-17(12)29-14-6-2-5-13(20)8-14/h2-8,11H,9-10H2,1H3,(H2,24,26,27). The van der Waals surface area contributed by atoms with E-state index in [4.69, 9.17) is 4.74 Å². The van der Waals surface area contributed by atoms with Crippen LogP contribution in [0.3, 0.4) is 0 Å². The molecule has 0 amide bonds. The molecule has 30 heavy (non-hydrogen) atoms. The zero-order valence-corrected chi connectivity index (χ0v) is 16.5. The van der Waals surface area contributed by atoms with Crippen molar-refractivity contribution in [1.29, 1.82) is 0 Å². The van der Waals surface area contributed by atoms with Crippen LogP contribution >= 0.6 is 11.3 Å². The largest absolute Gasteiger partial charge is 0.439 e. The van der Waals surface area contributed by atoms with Gasteiger partial charge in [-0.05, 0) is 18.2 Å². The Morgan fingerprint density at radius 2 is 1.97 bits per heavy atom. The van der Waals surface area contributed by atoms with Gasteiger partial charge < -0.3 is 15.4 Å². The number of aliphatic imine (C=N–C) groups is 1. The van der Waals surface area contributed by atoms with Crippen molar-refractivity contribution in [2.24, 2.45) is 4.99 Å². The lowest BCUT2D eigenvalue weighted by Crippen LogP contribution is -2.36. The molecule has 3 rings (SSSR count). The number of aromatic nitrogens is 2. The highest BCUT2D eigenvalue weighted by Crippen LogP contribution is 2.30. The number of halogens is 4. The van der Waals surface area contributed by atoms with Crippen LogP contribution in [-0.4, -0.2) is 23.0 Å². The average molecular weight is 439 g/mol. The van der Waals surface area contributed by atoms with Crippen molar-refractivity contribution < 1.29 is 22.3 Å². The minimum Gasteiger partial charge on any atom is -0.439 e. The molecule has 1 aromatic carbocycles. The Morgan fingerprint density at radius 3 is 2.67 bits per heavy atom. The summed E-state index contributed by atoms with van der Waals surface area (Å²) < 4.78 is 56.9. The summed E-state index contributed by atoms with van der Waals surface area (Å²) in [6.45, 7) is 0.351. The van der Waals surface area contributed by atoms with Crippen LogP contribution < -0.4 is 15.4 Å². The zero-order valence-electron chi connectivity index (χ0n) is 15.7. The summed E-state index contributed by atoms with van der Waals surface area (Å²) >= 11 is 0.911. The predicted octanol–water partition coefficient (Wildman–Crippen LogP) is 4.35. The van der Waals surface area contributed by atoms with Gasteiger partial charge in [-0.1, -0.05) is 12.1 Å². The smallest absolute Gasteiger partial charge is 0.434 e. The highest BCUT2D eigenvalue weighted by Gasteiger charge is 2.33. The van der Waals surface area contributed by atoms with Crippen molar-refractivity contribution >= 4 is 17.3 Å². The van der Waals surface area contributed by atoms with Gasteiger partial charge in [0.05, 0.1) is 6.54 Å². The van der Waals surface area contributed by atoms with Crippen LogP contribution in [0.2, 0.25) is 0 Å². The summed E-state index contributed by atoms with van der Waals surface area (Å²) in [6.07, 6.45) is -2.92. The topological polar surface area (TPSA) is 71.4 Å². The number of pyridine rings is 1. The molecule has 2 N–H and O–H groups in total. The number of hydrogen-bond donors (Lipinski definition) is 2. The number of benzene rings is 1. The van der Waals surface area contributed by atoms with Gasteiger partial charge in [0.25, 0.3) is 0 Å². The lowest BCUT2D eigenvalue weighted by Gasteiger charge is -2.13. The van der Waals surface area contributed by atoms with E-state index >= 15 is 0 Å². The third-order valence-corrected chi connectivity index (χ3v) is 4.63. The van der Waals surface area contributed by atoms with Gasteiger partial charge >= 0.3 is 6.18 Å². The molecular formula is C19H17F4N5OS. The van der Waals surface area contributed by atoms with Crippen LogP contribution in [0.4, 0.5) is 17.6 Å². The van der Waals surface area contributed by atoms with E-state index in [1.807, 2.05) is 0 Å². The van der Waals surface area contributed by atoms with E-state index in [1.54, 1.807) is 24.4 Å². The van der Waals surface area contributed by atoms with Crippen molar-refractivity contribution in [3.05, 3.63) is 70.1 Å². The Kier molecular flexibility index (Phi) is 6.83. The molecule has 2 heterocycles. The van der Waals surface area contributed by atoms with Gasteiger partial charge in [0.2, 0.25) is 5.88 Å². The molecule has 0 bridgehead atoms. The van der Waals surface area contributed by atoms with Crippen LogP contribution in [0.15, 0.2) is 53.0 Å².